The zero-order valence-electron chi connectivity index (χ0n) is 12.7. The summed E-state index contributed by atoms with van der Waals surface area (Å²) in [5.41, 5.74) is 9.54. The number of aromatic nitrogens is 1. The summed E-state index contributed by atoms with van der Waals surface area (Å²) >= 11 is 0. The highest BCUT2D eigenvalue weighted by Gasteiger charge is 2.23. The van der Waals surface area contributed by atoms with Gasteiger partial charge in [-0.2, -0.15) is 0 Å². The molecule has 0 saturated carbocycles. The standard InChI is InChI=1S/C19H20N2/c1-19(2,3)17-16(13-9-5-4-6-10-13)14-11-7-8-12-15(14)18(20)21-17/h4-12H,1-3H3,(H2,20,21). The molecule has 0 aliphatic rings. The minimum Gasteiger partial charge on any atom is -0.383 e. The zero-order valence-corrected chi connectivity index (χ0v) is 12.7. The molecule has 0 atom stereocenters. The van der Waals surface area contributed by atoms with Crippen molar-refractivity contribution in [2.75, 3.05) is 5.73 Å². The third-order valence-corrected chi connectivity index (χ3v) is 3.71. The average molecular weight is 276 g/mol. The van der Waals surface area contributed by atoms with Gasteiger partial charge in [-0.05, 0) is 10.9 Å². The maximum atomic E-state index is 6.19. The molecule has 3 rings (SSSR count). The van der Waals surface area contributed by atoms with Gasteiger partial charge in [-0.3, -0.25) is 0 Å². The fourth-order valence-corrected chi connectivity index (χ4v) is 2.73. The predicted molar refractivity (Wildman–Crippen MR) is 90.3 cm³/mol. The summed E-state index contributed by atoms with van der Waals surface area (Å²) in [6, 6.07) is 18.7. The molecular formula is C19H20N2. The molecule has 2 nitrogen and oxygen atoms in total. The van der Waals surface area contributed by atoms with Crippen LogP contribution in [0.4, 0.5) is 5.82 Å². The number of fused-ring (bicyclic) bond motifs is 1. The van der Waals surface area contributed by atoms with Crippen molar-refractivity contribution in [3.8, 4) is 11.1 Å². The van der Waals surface area contributed by atoms with Crippen molar-refractivity contribution < 1.29 is 0 Å². The van der Waals surface area contributed by atoms with E-state index < -0.39 is 0 Å². The number of hydrogen-bond acceptors (Lipinski definition) is 2. The Morgan fingerprint density at radius 2 is 1.38 bits per heavy atom. The normalized spacial score (nSPS) is 11.8. The van der Waals surface area contributed by atoms with Crippen LogP contribution in [0.1, 0.15) is 26.5 Å². The molecule has 3 aromatic rings. The highest BCUT2D eigenvalue weighted by atomic mass is 14.9. The molecule has 0 radical (unpaired) electrons. The smallest absolute Gasteiger partial charge is 0.131 e. The zero-order chi connectivity index (χ0) is 15.0. The summed E-state index contributed by atoms with van der Waals surface area (Å²) in [5, 5.41) is 2.19. The lowest BCUT2D eigenvalue weighted by Crippen LogP contribution is -2.16. The third-order valence-electron chi connectivity index (χ3n) is 3.71. The number of pyridine rings is 1. The van der Waals surface area contributed by atoms with Gasteiger partial charge in [0.2, 0.25) is 0 Å². The van der Waals surface area contributed by atoms with Crippen LogP contribution < -0.4 is 5.73 Å². The van der Waals surface area contributed by atoms with Crippen LogP contribution in [0.5, 0.6) is 0 Å². The van der Waals surface area contributed by atoms with Crippen LogP contribution in [0.15, 0.2) is 54.6 Å². The Morgan fingerprint density at radius 3 is 2.00 bits per heavy atom. The third kappa shape index (κ3) is 2.38. The van der Waals surface area contributed by atoms with Gasteiger partial charge < -0.3 is 5.73 Å². The topological polar surface area (TPSA) is 38.9 Å². The van der Waals surface area contributed by atoms with E-state index in [1.165, 1.54) is 16.5 Å². The van der Waals surface area contributed by atoms with E-state index >= 15 is 0 Å². The summed E-state index contributed by atoms with van der Waals surface area (Å²) in [5.74, 6) is 0.607. The minimum atomic E-state index is -0.0661. The van der Waals surface area contributed by atoms with Crippen molar-refractivity contribution in [2.45, 2.75) is 26.2 Å². The van der Waals surface area contributed by atoms with Gasteiger partial charge in [-0.15, -0.1) is 0 Å². The van der Waals surface area contributed by atoms with Crippen molar-refractivity contribution in [2.24, 2.45) is 0 Å². The SMILES string of the molecule is CC(C)(C)c1nc(N)c2ccccc2c1-c1ccccc1. The van der Waals surface area contributed by atoms with E-state index in [-0.39, 0.29) is 5.41 Å². The van der Waals surface area contributed by atoms with Crippen LogP contribution in [0.3, 0.4) is 0 Å². The predicted octanol–water partition coefficient (Wildman–Crippen LogP) is 4.78. The summed E-state index contributed by atoms with van der Waals surface area (Å²) in [6.07, 6.45) is 0. The Bertz CT molecular complexity index is 784. The average Bonchev–Trinajstić information content (AvgIpc) is 2.47. The summed E-state index contributed by atoms with van der Waals surface area (Å²) in [4.78, 5) is 4.73. The van der Waals surface area contributed by atoms with Crippen LogP contribution in [0, 0.1) is 0 Å². The first-order valence-corrected chi connectivity index (χ1v) is 7.22. The number of nitrogen functional groups attached to an aromatic ring is 1. The van der Waals surface area contributed by atoms with Gasteiger partial charge in [-0.1, -0.05) is 75.4 Å². The Morgan fingerprint density at radius 1 is 0.810 bits per heavy atom. The molecule has 0 aliphatic heterocycles. The lowest BCUT2D eigenvalue weighted by Gasteiger charge is -2.24. The van der Waals surface area contributed by atoms with E-state index in [0.29, 0.717) is 5.82 Å². The van der Waals surface area contributed by atoms with E-state index in [1.807, 2.05) is 18.2 Å². The molecule has 0 amide bonds. The van der Waals surface area contributed by atoms with Gasteiger partial charge in [0, 0.05) is 16.4 Å². The first kappa shape index (κ1) is 13.6. The molecule has 0 aliphatic carbocycles. The number of anilines is 1. The molecular weight excluding hydrogens is 256 g/mol. The number of rotatable bonds is 1. The lowest BCUT2D eigenvalue weighted by atomic mass is 9.84. The number of hydrogen-bond donors (Lipinski definition) is 1. The number of benzene rings is 2. The van der Waals surface area contributed by atoms with Gasteiger partial charge >= 0.3 is 0 Å². The molecule has 1 heterocycles. The molecule has 0 spiro atoms. The summed E-state index contributed by atoms with van der Waals surface area (Å²) in [7, 11) is 0. The molecule has 2 N–H and O–H groups in total. The number of nitrogens with zero attached hydrogens (tertiary/aromatic N) is 1. The maximum Gasteiger partial charge on any atom is 0.131 e. The van der Waals surface area contributed by atoms with Gasteiger partial charge in [0.25, 0.3) is 0 Å². The van der Waals surface area contributed by atoms with E-state index in [2.05, 4.69) is 57.2 Å². The monoisotopic (exact) mass is 276 g/mol. The molecule has 21 heavy (non-hydrogen) atoms. The Labute approximate surface area is 125 Å². The molecule has 0 saturated heterocycles. The largest absolute Gasteiger partial charge is 0.383 e. The quantitative estimate of drug-likeness (QED) is 0.694. The van der Waals surface area contributed by atoms with E-state index in [4.69, 9.17) is 10.7 Å². The fourth-order valence-electron chi connectivity index (χ4n) is 2.73. The van der Waals surface area contributed by atoms with E-state index in [1.54, 1.807) is 0 Å². The van der Waals surface area contributed by atoms with E-state index in [9.17, 15) is 0 Å². The van der Waals surface area contributed by atoms with Gasteiger partial charge in [0.1, 0.15) is 5.82 Å². The molecule has 0 unspecified atom stereocenters. The second-order valence-corrected chi connectivity index (χ2v) is 6.38. The molecule has 106 valence electrons. The molecule has 0 fully saturated rings. The Kier molecular flexibility index (Phi) is 3.17. The van der Waals surface area contributed by atoms with Gasteiger partial charge in [-0.25, -0.2) is 4.98 Å². The van der Waals surface area contributed by atoms with Crippen molar-refractivity contribution >= 4 is 16.6 Å². The molecule has 2 heteroatoms. The first-order chi connectivity index (χ1) is 9.98. The molecule has 1 aromatic heterocycles. The Balaban J connectivity index is 2.47. The number of nitrogens with two attached hydrogens (primary N) is 1. The van der Waals surface area contributed by atoms with Crippen LogP contribution in [0.25, 0.3) is 21.9 Å². The van der Waals surface area contributed by atoms with Crippen molar-refractivity contribution in [3.63, 3.8) is 0 Å². The van der Waals surface area contributed by atoms with Crippen molar-refractivity contribution in [3.05, 3.63) is 60.3 Å². The minimum absolute atomic E-state index is 0.0661. The van der Waals surface area contributed by atoms with Crippen LogP contribution >= 0.6 is 0 Å². The highest BCUT2D eigenvalue weighted by molar-refractivity contribution is 6.02. The van der Waals surface area contributed by atoms with Crippen molar-refractivity contribution in [1.29, 1.82) is 0 Å². The maximum absolute atomic E-state index is 6.19. The molecule has 2 aromatic carbocycles. The van der Waals surface area contributed by atoms with Crippen LogP contribution in [-0.4, -0.2) is 4.98 Å². The second kappa shape index (κ2) is 4.88. The second-order valence-electron chi connectivity index (χ2n) is 6.38. The molecule has 0 bridgehead atoms. The van der Waals surface area contributed by atoms with Crippen LogP contribution in [-0.2, 0) is 5.41 Å². The van der Waals surface area contributed by atoms with Crippen molar-refractivity contribution in [1.82, 2.24) is 4.98 Å². The first-order valence-electron chi connectivity index (χ1n) is 7.22. The van der Waals surface area contributed by atoms with E-state index in [0.717, 1.165) is 11.1 Å². The lowest BCUT2D eigenvalue weighted by molar-refractivity contribution is 0.573. The summed E-state index contributed by atoms with van der Waals surface area (Å²) in [6.45, 7) is 6.53. The van der Waals surface area contributed by atoms with Crippen LogP contribution in [0.2, 0.25) is 0 Å². The van der Waals surface area contributed by atoms with Gasteiger partial charge in [0.05, 0.1) is 5.69 Å². The summed E-state index contributed by atoms with van der Waals surface area (Å²) < 4.78 is 0. The van der Waals surface area contributed by atoms with Gasteiger partial charge in [0.15, 0.2) is 0 Å². The highest BCUT2D eigenvalue weighted by Crippen LogP contribution is 2.38. The fraction of sp³-hybridized carbons (Fsp3) is 0.211. The Hall–Kier alpha value is -2.35.